The Labute approximate surface area is 160 Å². The zero-order valence-electron chi connectivity index (χ0n) is 14.3. The van der Waals surface area contributed by atoms with E-state index in [1.165, 1.54) is 32.9 Å². The molecule has 0 aromatic heterocycles. The maximum atomic E-state index is 12.7. The Morgan fingerprint density at radius 2 is 1.38 bits per heavy atom. The lowest BCUT2D eigenvalue weighted by Gasteiger charge is -2.30. The van der Waals surface area contributed by atoms with Crippen molar-refractivity contribution in [2.45, 2.75) is 28.7 Å². The first kappa shape index (κ1) is 21.5. The number of rotatable bonds is 4. The Balaban J connectivity index is 0.00000243. The van der Waals surface area contributed by atoms with Crippen LogP contribution >= 0.6 is 12.4 Å². The topological polar surface area (TPSA) is 110 Å². The van der Waals surface area contributed by atoms with Crippen LogP contribution in [0.15, 0.2) is 34.1 Å². The minimum Gasteiger partial charge on any atom is -0.379 e. The van der Waals surface area contributed by atoms with Crippen LogP contribution in [-0.4, -0.2) is 70.9 Å². The Bertz CT molecular complexity index is 808. The highest BCUT2D eigenvalue weighted by Crippen LogP contribution is 2.23. The number of nitrogens with two attached hydrogens (primary N) is 1. The van der Waals surface area contributed by atoms with Crippen LogP contribution in [0.1, 0.15) is 12.8 Å². The minimum absolute atomic E-state index is 0. The second-order valence-electron chi connectivity index (χ2n) is 6.25. The predicted octanol–water partition coefficient (Wildman–Crippen LogP) is 0.241. The molecule has 0 amide bonds. The second kappa shape index (κ2) is 8.51. The first-order chi connectivity index (χ1) is 11.8. The molecule has 0 spiro atoms. The first-order valence-corrected chi connectivity index (χ1v) is 11.1. The molecular formula is C15H24ClN3O5S2. The lowest BCUT2D eigenvalue weighted by molar-refractivity contribution is 0.0730. The highest BCUT2D eigenvalue weighted by Gasteiger charge is 2.30. The van der Waals surface area contributed by atoms with Crippen LogP contribution in [0.25, 0.3) is 0 Å². The molecular weight excluding hydrogens is 402 g/mol. The lowest BCUT2D eigenvalue weighted by atomic mass is 10.1. The van der Waals surface area contributed by atoms with Gasteiger partial charge in [0, 0.05) is 32.2 Å². The number of ether oxygens (including phenoxy) is 1. The van der Waals surface area contributed by atoms with Gasteiger partial charge in [0.25, 0.3) is 0 Å². The van der Waals surface area contributed by atoms with Gasteiger partial charge >= 0.3 is 0 Å². The van der Waals surface area contributed by atoms with E-state index in [-0.39, 0.29) is 34.8 Å². The molecule has 11 heteroatoms. The summed E-state index contributed by atoms with van der Waals surface area (Å²) in [6.45, 7) is 2.05. The average molecular weight is 426 g/mol. The molecule has 1 aromatic carbocycles. The predicted molar refractivity (Wildman–Crippen MR) is 99.2 cm³/mol. The van der Waals surface area contributed by atoms with Crippen molar-refractivity contribution in [1.82, 2.24) is 8.61 Å². The van der Waals surface area contributed by atoms with Gasteiger partial charge in [-0.3, -0.25) is 0 Å². The number of halogens is 1. The van der Waals surface area contributed by atoms with Crippen molar-refractivity contribution in [3.05, 3.63) is 24.3 Å². The molecule has 2 saturated heterocycles. The molecule has 1 aromatic rings. The van der Waals surface area contributed by atoms with Gasteiger partial charge in [0.15, 0.2) is 0 Å². The van der Waals surface area contributed by atoms with Gasteiger partial charge in [-0.05, 0) is 37.1 Å². The number of benzene rings is 1. The van der Waals surface area contributed by atoms with Crippen molar-refractivity contribution < 1.29 is 21.6 Å². The maximum absolute atomic E-state index is 12.7. The summed E-state index contributed by atoms with van der Waals surface area (Å²) in [6, 6.07) is 5.24. The fourth-order valence-corrected chi connectivity index (χ4v) is 6.00. The number of nitrogens with zero attached hydrogens (tertiary/aromatic N) is 2. The SMILES string of the molecule is Cl.NC1CCCN(S(=O)(=O)c2ccc(S(=O)(=O)N3CCOCC3)cc2)C1. The molecule has 1 atom stereocenters. The molecule has 0 bridgehead atoms. The standard InChI is InChI=1S/C15H23N3O5S2.ClH/c16-13-2-1-7-18(12-13)25(21,22)15-5-3-14(4-6-15)24(19,20)17-8-10-23-11-9-17;/h3-6,13H,1-2,7-12,16H2;1H. The molecule has 2 heterocycles. The van der Waals surface area contributed by atoms with Crippen LogP contribution in [0.2, 0.25) is 0 Å². The van der Waals surface area contributed by atoms with Crippen molar-refractivity contribution in [3.8, 4) is 0 Å². The third-order valence-corrected chi connectivity index (χ3v) is 8.28. The monoisotopic (exact) mass is 425 g/mol. The normalized spacial score (nSPS) is 23.3. The lowest BCUT2D eigenvalue weighted by Crippen LogP contribution is -2.45. The van der Waals surface area contributed by atoms with E-state index in [4.69, 9.17) is 10.5 Å². The largest absolute Gasteiger partial charge is 0.379 e. The Kier molecular flexibility index (Phi) is 7.05. The van der Waals surface area contributed by atoms with E-state index in [0.29, 0.717) is 32.8 Å². The molecule has 26 heavy (non-hydrogen) atoms. The van der Waals surface area contributed by atoms with E-state index in [9.17, 15) is 16.8 Å². The van der Waals surface area contributed by atoms with E-state index in [0.717, 1.165) is 12.8 Å². The molecule has 0 radical (unpaired) electrons. The van der Waals surface area contributed by atoms with Crippen molar-refractivity contribution in [1.29, 1.82) is 0 Å². The molecule has 0 saturated carbocycles. The van der Waals surface area contributed by atoms with E-state index < -0.39 is 20.0 Å². The molecule has 0 aliphatic carbocycles. The zero-order chi connectivity index (χ0) is 18.1. The number of hydrogen-bond donors (Lipinski definition) is 1. The zero-order valence-corrected chi connectivity index (χ0v) is 16.7. The smallest absolute Gasteiger partial charge is 0.243 e. The molecule has 8 nitrogen and oxygen atoms in total. The molecule has 2 aliphatic rings. The summed E-state index contributed by atoms with van der Waals surface area (Å²) in [7, 11) is -7.29. The number of sulfonamides is 2. The van der Waals surface area contributed by atoms with Gasteiger partial charge in [-0.25, -0.2) is 16.8 Å². The van der Waals surface area contributed by atoms with Crippen molar-refractivity contribution in [2.24, 2.45) is 5.73 Å². The number of morpholine rings is 1. The van der Waals surface area contributed by atoms with E-state index in [2.05, 4.69) is 0 Å². The quantitative estimate of drug-likeness (QED) is 0.739. The van der Waals surface area contributed by atoms with Crippen LogP contribution in [0.3, 0.4) is 0 Å². The molecule has 2 N–H and O–H groups in total. The Morgan fingerprint density at radius 1 is 0.885 bits per heavy atom. The van der Waals surface area contributed by atoms with Crippen molar-refractivity contribution >= 4 is 32.5 Å². The van der Waals surface area contributed by atoms with Crippen molar-refractivity contribution in [3.63, 3.8) is 0 Å². The molecule has 2 fully saturated rings. The van der Waals surface area contributed by atoms with Gasteiger partial charge in [-0.2, -0.15) is 8.61 Å². The fourth-order valence-electron chi connectivity index (χ4n) is 3.06. The van der Waals surface area contributed by atoms with E-state index in [1.807, 2.05) is 0 Å². The Hall–Kier alpha value is -0.750. The third-order valence-electron chi connectivity index (χ3n) is 4.49. The van der Waals surface area contributed by atoms with Crippen LogP contribution in [-0.2, 0) is 24.8 Å². The highest BCUT2D eigenvalue weighted by atomic mass is 35.5. The third kappa shape index (κ3) is 4.38. The van der Waals surface area contributed by atoms with Gasteiger partial charge in [-0.15, -0.1) is 12.4 Å². The number of hydrogen-bond acceptors (Lipinski definition) is 6. The van der Waals surface area contributed by atoms with Crippen LogP contribution in [0, 0.1) is 0 Å². The van der Waals surface area contributed by atoms with Gasteiger partial charge < -0.3 is 10.5 Å². The number of piperidine rings is 1. The first-order valence-electron chi connectivity index (χ1n) is 8.25. The van der Waals surface area contributed by atoms with E-state index >= 15 is 0 Å². The summed E-state index contributed by atoms with van der Waals surface area (Å²) in [5.41, 5.74) is 5.86. The molecule has 2 aliphatic heterocycles. The maximum Gasteiger partial charge on any atom is 0.243 e. The Morgan fingerprint density at radius 3 is 1.88 bits per heavy atom. The molecule has 3 rings (SSSR count). The summed E-state index contributed by atoms with van der Waals surface area (Å²) in [5.74, 6) is 0. The minimum atomic E-state index is -3.66. The van der Waals surface area contributed by atoms with Crippen LogP contribution in [0.4, 0.5) is 0 Å². The summed E-state index contributed by atoms with van der Waals surface area (Å²) in [4.78, 5) is 0.172. The summed E-state index contributed by atoms with van der Waals surface area (Å²) in [5, 5.41) is 0. The van der Waals surface area contributed by atoms with Gasteiger partial charge in [0.05, 0.1) is 23.0 Å². The van der Waals surface area contributed by atoms with Gasteiger partial charge in [0.1, 0.15) is 0 Å². The average Bonchev–Trinajstić information content (AvgIpc) is 2.62. The van der Waals surface area contributed by atoms with Crippen LogP contribution in [0.5, 0.6) is 0 Å². The molecule has 1 unspecified atom stereocenters. The summed E-state index contributed by atoms with van der Waals surface area (Å²) >= 11 is 0. The van der Waals surface area contributed by atoms with Gasteiger partial charge in [0.2, 0.25) is 20.0 Å². The van der Waals surface area contributed by atoms with Crippen molar-refractivity contribution in [2.75, 3.05) is 39.4 Å². The van der Waals surface area contributed by atoms with E-state index in [1.54, 1.807) is 0 Å². The fraction of sp³-hybridized carbons (Fsp3) is 0.600. The summed E-state index contributed by atoms with van der Waals surface area (Å²) < 4.78 is 58.4. The van der Waals surface area contributed by atoms with Gasteiger partial charge in [-0.1, -0.05) is 0 Å². The molecule has 148 valence electrons. The summed E-state index contributed by atoms with van der Waals surface area (Å²) in [6.07, 6.45) is 1.53. The van der Waals surface area contributed by atoms with Crippen LogP contribution < -0.4 is 5.73 Å². The second-order valence-corrected chi connectivity index (χ2v) is 10.1. The highest BCUT2D eigenvalue weighted by molar-refractivity contribution is 7.89.